The molecule has 0 fully saturated rings. The van der Waals surface area contributed by atoms with Crippen LogP contribution in [0.25, 0.3) is 20.7 Å². The van der Waals surface area contributed by atoms with Crippen LogP contribution in [0.2, 0.25) is 5.02 Å². The minimum absolute atomic E-state index is 0.0335. The van der Waals surface area contributed by atoms with Crippen LogP contribution < -0.4 is 10.9 Å². The van der Waals surface area contributed by atoms with E-state index in [1.807, 2.05) is 67.6 Å². The molecule has 1 atom stereocenters. The zero-order valence-corrected chi connectivity index (χ0v) is 15.6. The van der Waals surface area contributed by atoms with Crippen molar-refractivity contribution in [3.8, 4) is 10.4 Å². The zero-order chi connectivity index (χ0) is 18.1. The molecule has 0 bridgehead atoms. The fraction of sp³-hybridized carbons (Fsp3) is 0.100. The Bertz CT molecular complexity index is 1100. The van der Waals surface area contributed by atoms with E-state index in [0.717, 1.165) is 16.0 Å². The fourth-order valence-corrected chi connectivity index (χ4v) is 3.92. The molecule has 0 saturated heterocycles. The van der Waals surface area contributed by atoms with Crippen molar-refractivity contribution in [2.24, 2.45) is 0 Å². The molecule has 0 aliphatic rings. The summed E-state index contributed by atoms with van der Waals surface area (Å²) >= 11 is 7.38. The quantitative estimate of drug-likeness (QED) is 0.492. The van der Waals surface area contributed by atoms with Crippen LogP contribution in [0.3, 0.4) is 0 Å². The number of rotatable bonds is 4. The summed E-state index contributed by atoms with van der Waals surface area (Å²) in [6.07, 6.45) is 0. The highest BCUT2D eigenvalue weighted by Crippen LogP contribution is 2.32. The number of benzene rings is 2. The van der Waals surface area contributed by atoms with Gasteiger partial charge in [0.1, 0.15) is 4.70 Å². The topological polar surface area (TPSA) is 57.8 Å². The van der Waals surface area contributed by atoms with E-state index in [4.69, 9.17) is 11.6 Å². The third kappa shape index (κ3) is 3.36. The van der Waals surface area contributed by atoms with Gasteiger partial charge in [-0.2, -0.15) is 0 Å². The van der Waals surface area contributed by atoms with Crippen LogP contribution in [-0.2, 0) is 0 Å². The van der Waals surface area contributed by atoms with Crippen LogP contribution >= 0.6 is 22.9 Å². The lowest BCUT2D eigenvalue weighted by Gasteiger charge is -2.14. The van der Waals surface area contributed by atoms with Crippen LogP contribution in [0.1, 0.15) is 18.5 Å². The summed E-state index contributed by atoms with van der Waals surface area (Å²) in [6.45, 7) is 2.03. The van der Waals surface area contributed by atoms with Gasteiger partial charge in [-0.15, -0.1) is 11.3 Å². The van der Waals surface area contributed by atoms with Crippen LogP contribution in [-0.4, -0.2) is 9.97 Å². The van der Waals surface area contributed by atoms with Crippen LogP contribution in [0.4, 0.5) is 5.95 Å². The normalized spacial score (nSPS) is 12.2. The number of anilines is 1. The number of thiophene rings is 1. The van der Waals surface area contributed by atoms with Crippen molar-refractivity contribution in [3.05, 3.63) is 81.6 Å². The summed E-state index contributed by atoms with van der Waals surface area (Å²) in [7, 11) is 0. The molecule has 1 unspecified atom stereocenters. The van der Waals surface area contributed by atoms with E-state index < -0.39 is 0 Å². The van der Waals surface area contributed by atoms with E-state index in [-0.39, 0.29) is 11.6 Å². The lowest BCUT2D eigenvalue weighted by atomic mass is 10.1. The molecule has 0 spiro atoms. The maximum Gasteiger partial charge on any atom is 0.270 e. The number of hydrogen-bond donors (Lipinski definition) is 2. The van der Waals surface area contributed by atoms with Crippen molar-refractivity contribution < 1.29 is 0 Å². The van der Waals surface area contributed by atoms with E-state index in [1.54, 1.807) is 0 Å². The van der Waals surface area contributed by atoms with Gasteiger partial charge in [-0.05, 0) is 36.2 Å². The first kappa shape index (κ1) is 16.8. The number of nitrogens with zero attached hydrogens (tertiary/aromatic N) is 1. The fourth-order valence-electron chi connectivity index (χ4n) is 2.79. The van der Waals surface area contributed by atoms with Gasteiger partial charge < -0.3 is 5.32 Å². The van der Waals surface area contributed by atoms with Gasteiger partial charge in [-0.1, -0.05) is 54.1 Å². The third-order valence-corrected chi connectivity index (χ3v) is 5.59. The lowest BCUT2D eigenvalue weighted by Crippen LogP contribution is -2.14. The molecule has 130 valence electrons. The van der Waals surface area contributed by atoms with E-state index in [1.165, 1.54) is 11.3 Å². The second-order valence-corrected chi connectivity index (χ2v) is 7.51. The number of H-pyrrole nitrogens is 1. The highest BCUT2D eigenvalue weighted by atomic mass is 35.5. The minimum atomic E-state index is -0.136. The minimum Gasteiger partial charge on any atom is -0.349 e. The van der Waals surface area contributed by atoms with Crippen LogP contribution in [0, 0.1) is 0 Å². The molecule has 6 heteroatoms. The highest BCUT2D eigenvalue weighted by Gasteiger charge is 2.12. The van der Waals surface area contributed by atoms with E-state index in [2.05, 4.69) is 15.3 Å². The maximum atomic E-state index is 12.5. The zero-order valence-electron chi connectivity index (χ0n) is 14.0. The third-order valence-electron chi connectivity index (χ3n) is 4.16. The molecule has 0 aliphatic heterocycles. The molecule has 2 heterocycles. The molecule has 2 aromatic carbocycles. The molecule has 4 aromatic rings. The Morgan fingerprint density at radius 2 is 1.85 bits per heavy atom. The van der Waals surface area contributed by atoms with Crippen molar-refractivity contribution in [1.29, 1.82) is 0 Å². The van der Waals surface area contributed by atoms with Gasteiger partial charge in [0.15, 0.2) is 0 Å². The molecule has 0 saturated carbocycles. The number of fused-ring (bicyclic) bond motifs is 1. The van der Waals surface area contributed by atoms with Crippen LogP contribution in [0.5, 0.6) is 0 Å². The molecule has 0 radical (unpaired) electrons. The predicted molar refractivity (Wildman–Crippen MR) is 109 cm³/mol. The largest absolute Gasteiger partial charge is 0.349 e. The monoisotopic (exact) mass is 381 g/mol. The number of aromatic amines is 1. The molecular weight excluding hydrogens is 366 g/mol. The molecule has 0 amide bonds. The van der Waals surface area contributed by atoms with E-state index in [0.29, 0.717) is 21.2 Å². The standard InChI is InChI=1S/C20H16ClN3OS/c1-12(13-5-3-2-4-6-13)22-20-23-16-11-17(26-18(16)19(25)24-20)14-7-9-15(21)10-8-14/h2-12H,1H3,(H2,22,23,24,25). The highest BCUT2D eigenvalue weighted by molar-refractivity contribution is 7.22. The lowest BCUT2D eigenvalue weighted by molar-refractivity contribution is 0.862. The van der Waals surface area contributed by atoms with E-state index >= 15 is 0 Å². The molecule has 2 aromatic heterocycles. The Hall–Kier alpha value is -2.63. The number of hydrogen-bond acceptors (Lipinski definition) is 4. The maximum absolute atomic E-state index is 12.5. The second-order valence-electron chi connectivity index (χ2n) is 6.02. The average molecular weight is 382 g/mol. The van der Waals surface area contributed by atoms with Crippen LogP contribution in [0.15, 0.2) is 65.5 Å². The Labute approximate surface area is 159 Å². The van der Waals surface area contributed by atoms with Gasteiger partial charge in [0.2, 0.25) is 5.95 Å². The molecule has 4 rings (SSSR count). The van der Waals surface area contributed by atoms with Crippen molar-refractivity contribution >= 4 is 39.1 Å². The Kier molecular flexibility index (Phi) is 4.49. The van der Waals surface area contributed by atoms with Crippen molar-refractivity contribution in [2.45, 2.75) is 13.0 Å². The van der Waals surface area contributed by atoms with Gasteiger partial charge in [-0.3, -0.25) is 9.78 Å². The number of nitrogens with one attached hydrogen (secondary N) is 2. The van der Waals surface area contributed by atoms with E-state index in [9.17, 15) is 4.79 Å². The van der Waals surface area contributed by atoms with Gasteiger partial charge in [0.05, 0.1) is 11.6 Å². The first-order valence-corrected chi connectivity index (χ1v) is 9.41. The smallest absolute Gasteiger partial charge is 0.270 e. The molecule has 2 N–H and O–H groups in total. The van der Waals surface area contributed by atoms with Gasteiger partial charge in [0.25, 0.3) is 5.56 Å². The summed E-state index contributed by atoms with van der Waals surface area (Å²) in [6, 6.07) is 19.6. The summed E-state index contributed by atoms with van der Waals surface area (Å²) in [5, 5.41) is 3.96. The molecular formula is C20H16ClN3OS. The van der Waals surface area contributed by atoms with Crippen molar-refractivity contribution in [3.63, 3.8) is 0 Å². The van der Waals surface area contributed by atoms with Crippen molar-refractivity contribution in [1.82, 2.24) is 9.97 Å². The molecule has 4 nitrogen and oxygen atoms in total. The first-order chi connectivity index (χ1) is 12.6. The number of aromatic nitrogens is 2. The first-order valence-electron chi connectivity index (χ1n) is 8.21. The predicted octanol–water partition coefficient (Wildman–Crippen LogP) is 5.48. The summed E-state index contributed by atoms with van der Waals surface area (Å²) < 4.78 is 0.618. The Balaban J connectivity index is 1.68. The summed E-state index contributed by atoms with van der Waals surface area (Å²) in [5.41, 5.74) is 2.70. The van der Waals surface area contributed by atoms with Gasteiger partial charge in [-0.25, -0.2) is 4.98 Å². The van der Waals surface area contributed by atoms with Crippen molar-refractivity contribution in [2.75, 3.05) is 5.32 Å². The SMILES string of the molecule is CC(Nc1nc2cc(-c3ccc(Cl)cc3)sc2c(=O)[nH]1)c1ccccc1. The Morgan fingerprint density at radius 1 is 1.12 bits per heavy atom. The summed E-state index contributed by atoms with van der Waals surface area (Å²) in [4.78, 5) is 20.9. The average Bonchev–Trinajstić information content (AvgIpc) is 3.08. The number of halogens is 1. The Morgan fingerprint density at radius 3 is 2.58 bits per heavy atom. The van der Waals surface area contributed by atoms with Gasteiger partial charge >= 0.3 is 0 Å². The molecule has 26 heavy (non-hydrogen) atoms. The molecule has 0 aliphatic carbocycles. The van der Waals surface area contributed by atoms with Gasteiger partial charge in [0, 0.05) is 9.90 Å². The second kappa shape index (κ2) is 6.94. The summed E-state index contributed by atoms with van der Waals surface area (Å²) in [5.74, 6) is 0.472.